The number of carbonyl (C=O) groups excluding carboxylic acids is 3. The van der Waals surface area contributed by atoms with Crippen molar-refractivity contribution in [3.8, 4) is 5.75 Å². The van der Waals surface area contributed by atoms with E-state index in [4.69, 9.17) is 9.47 Å². The molecule has 0 saturated carbocycles. The van der Waals surface area contributed by atoms with E-state index in [1.165, 1.54) is 6.92 Å². The average molecular weight is 403 g/mol. The van der Waals surface area contributed by atoms with Crippen LogP contribution in [0.5, 0.6) is 5.75 Å². The number of Topliss-reactive ketones (excluding diaryl/α,β-unsaturated/α-hetero) is 1. The lowest BCUT2D eigenvalue weighted by Gasteiger charge is -2.10. The number of nitrogens with one attached hydrogen (secondary N) is 1. The van der Waals surface area contributed by atoms with E-state index in [0.29, 0.717) is 23.4 Å². The van der Waals surface area contributed by atoms with Crippen molar-refractivity contribution in [1.82, 2.24) is 0 Å². The number of benzene rings is 3. The van der Waals surface area contributed by atoms with Crippen molar-refractivity contribution in [2.45, 2.75) is 13.5 Å². The second-order valence-electron chi connectivity index (χ2n) is 6.52. The average Bonchev–Trinajstić information content (AvgIpc) is 2.77. The first-order valence-corrected chi connectivity index (χ1v) is 9.36. The van der Waals surface area contributed by atoms with E-state index in [1.54, 1.807) is 48.5 Å². The summed E-state index contributed by atoms with van der Waals surface area (Å²) >= 11 is 0. The Balaban J connectivity index is 1.50. The smallest absolute Gasteiger partial charge is 0.338 e. The van der Waals surface area contributed by atoms with Gasteiger partial charge in [0, 0.05) is 5.56 Å². The molecular weight excluding hydrogens is 382 g/mol. The second kappa shape index (κ2) is 10.0. The fourth-order valence-corrected chi connectivity index (χ4v) is 2.72. The maximum absolute atomic E-state index is 12.2. The molecule has 1 N–H and O–H groups in total. The van der Waals surface area contributed by atoms with Crippen molar-refractivity contribution in [3.63, 3.8) is 0 Å². The van der Waals surface area contributed by atoms with Gasteiger partial charge >= 0.3 is 5.97 Å². The maximum Gasteiger partial charge on any atom is 0.338 e. The number of para-hydroxylation sites is 2. The normalized spacial score (nSPS) is 10.2. The first kappa shape index (κ1) is 20.8. The molecule has 0 aliphatic carbocycles. The molecule has 3 aromatic carbocycles. The molecular formula is C24H21NO5. The minimum atomic E-state index is -0.611. The zero-order valence-corrected chi connectivity index (χ0v) is 16.5. The highest BCUT2D eigenvalue weighted by Crippen LogP contribution is 2.16. The fraction of sp³-hybridized carbons (Fsp3) is 0.125. The number of ketones is 1. The quantitative estimate of drug-likeness (QED) is 0.449. The fourth-order valence-electron chi connectivity index (χ4n) is 2.72. The summed E-state index contributed by atoms with van der Waals surface area (Å²) in [5.41, 5.74) is 2.00. The predicted molar refractivity (Wildman–Crippen MR) is 113 cm³/mol. The molecule has 0 fully saturated rings. The minimum absolute atomic E-state index is 0.167. The highest BCUT2D eigenvalue weighted by atomic mass is 16.5. The van der Waals surface area contributed by atoms with Crippen LogP contribution in [0.2, 0.25) is 0 Å². The molecule has 0 aromatic heterocycles. The number of carbonyl (C=O) groups is 3. The van der Waals surface area contributed by atoms with Gasteiger partial charge < -0.3 is 14.8 Å². The molecule has 0 radical (unpaired) electrons. The third-order valence-corrected chi connectivity index (χ3v) is 4.25. The van der Waals surface area contributed by atoms with Crippen LogP contribution in [0.3, 0.4) is 0 Å². The molecule has 6 nitrogen and oxygen atoms in total. The van der Waals surface area contributed by atoms with Crippen molar-refractivity contribution in [1.29, 1.82) is 0 Å². The molecule has 0 bridgehead atoms. The summed E-state index contributed by atoms with van der Waals surface area (Å²) in [6, 6.07) is 22.9. The van der Waals surface area contributed by atoms with Crippen LogP contribution >= 0.6 is 0 Å². The van der Waals surface area contributed by atoms with Gasteiger partial charge in [-0.15, -0.1) is 0 Å². The van der Waals surface area contributed by atoms with Crippen molar-refractivity contribution < 1.29 is 23.9 Å². The van der Waals surface area contributed by atoms with Crippen LogP contribution in [0, 0.1) is 0 Å². The molecule has 1 amide bonds. The molecule has 0 aliphatic heterocycles. The van der Waals surface area contributed by atoms with Gasteiger partial charge in [-0.25, -0.2) is 4.79 Å². The summed E-state index contributed by atoms with van der Waals surface area (Å²) in [4.78, 5) is 35.9. The largest absolute Gasteiger partial charge is 0.489 e. The Morgan fingerprint density at radius 1 is 0.833 bits per heavy atom. The van der Waals surface area contributed by atoms with Gasteiger partial charge in [0.25, 0.3) is 5.91 Å². The number of hydrogen-bond donors (Lipinski definition) is 1. The number of esters is 1. The van der Waals surface area contributed by atoms with Gasteiger partial charge in [-0.2, -0.15) is 0 Å². The lowest BCUT2D eigenvalue weighted by atomic mass is 10.1. The molecule has 6 heteroatoms. The lowest BCUT2D eigenvalue weighted by molar-refractivity contribution is -0.119. The predicted octanol–water partition coefficient (Wildman–Crippen LogP) is 4.26. The highest BCUT2D eigenvalue weighted by molar-refractivity contribution is 6.04. The first-order valence-electron chi connectivity index (χ1n) is 9.36. The molecule has 3 aromatic rings. The maximum atomic E-state index is 12.2. The molecule has 152 valence electrons. The van der Waals surface area contributed by atoms with Gasteiger partial charge in [-0.1, -0.05) is 42.5 Å². The number of hydrogen-bond acceptors (Lipinski definition) is 5. The molecule has 0 aliphatic rings. The Labute approximate surface area is 174 Å². The summed E-state index contributed by atoms with van der Waals surface area (Å²) in [6.45, 7) is 1.33. The molecule has 3 rings (SSSR count). The van der Waals surface area contributed by atoms with Crippen molar-refractivity contribution in [2.24, 2.45) is 0 Å². The van der Waals surface area contributed by atoms with Gasteiger partial charge in [0.2, 0.25) is 0 Å². The summed E-state index contributed by atoms with van der Waals surface area (Å²) in [6.07, 6.45) is 0. The molecule has 0 heterocycles. The molecule has 0 atom stereocenters. The summed E-state index contributed by atoms with van der Waals surface area (Å²) in [5.74, 6) is -0.539. The molecule has 0 spiro atoms. The number of anilines is 1. The Morgan fingerprint density at radius 2 is 1.50 bits per heavy atom. The Hall–Kier alpha value is -3.93. The van der Waals surface area contributed by atoms with E-state index in [0.717, 1.165) is 11.3 Å². The van der Waals surface area contributed by atoms with Crippen molar-refractivity contribution in [3.05, 3.63) is 95.6 Å². The summed E-state index contributed by atoms with van der Waals surface area (Å²) in [7, 11) is 0. The Morgan fingerprint density at radius 3 is 2.20 bits per heavy atom. The standard InChI is InChI=1S/C24H21NO5/c1-17(26)21-9-5-6-10-22(21)25-23(27)16-30-24(28)19-13-11-18(12-14-19)15-29-20-7-3-2-4-8-20/h2-14H,15-16H2,1H3,(H,25,27). The molecule has 0 unspecified atom stereocenters. The van der Waals surface area contributed by atoms with E-state index in [9.17, 15) is 14.4 Å². The second-order valence-corrected chi connectivity index (χ2v) is 6.52. The number of amides is 1. The van der Waals surface area contributed by atoms with Crippen LogP contribution in [0.1, 0.15) is 33.2 Å². The van der Waals surface area contributed by atoms with E-state index in [2.05, 4.69) is 5.32 Å². The Kier molecular flexibility index (Phi) is 6.95. The van der Waals surface area contributed by atoms with Crippen LogP contribution < -0.4 is 10.1 Å². The van der Waals surface area contributed by atoms with Crippen molar-refractivity contribution >= 4 is 23.3 Å². The SMILES string of the molecule is CC(=O)c1ccccc1NC(=O)COC(=O)c1ccc(COc2ccccc2)cc1. The van der Waals surface area contributed by atoms with E-state index >= 15 is 0 Å². The van der Waals surface area contributed by atoms with Crippen LogP contribution in [0.4, 0.5) is 5.69 Å². The molecule has 30 heavy (non-hydrogen) atoms. The monoisotopic (exact) mass is 403 g/mol. The molecule has 0 saturated heterocycles. The first-order chi connectivity index (χ1) is 14.5. The lowest BCUT2D eigenvalue weighted by Crippen LogP contribution is -2.22. The van der Waals surface area contributed by atoms with Gasteiger partial charge in [0.1, 0.15) is 12.4 Å². The van der Waals surface area contributed by atoms with Crippen LogP contribution in [-0.4, -0.2) is 24.3 Å². The number of rotatable bonds is 8. The van der Waals surface area contributed by atoms with Crippen LogP contribution in [-0.2, 0) is 16.1 Å². The summed E-state index contributed by atoms with van der Waals surface area (Å²) in [5, 5.41) is 2.59. The Bertz CT molecular complexity index is 1030. The minimum Gasteiger partial charge on any atom is -0.489 e. The zero-order valence-electron chi connectivity index (χ0n) is 16.5. The third-order valence-electron chi connectivity index (χ3n) is 4.25. The van der Waals surface area contributed by atoms with Gasteiger partial charge in [-0.05, 0) is 48.9 Å². The van der Waals surface area contributed by atoms with E-state index in [-0.39, 0.29) is 5.78 Å². The third kappa shape index (κ3) is 5.78. The summed E-state index contributed by atoms with van der Waals surface area (Å²) < 4.78 is 10.7. The van der Waals surface area contributed by atoms with Gasteiger partial charge in [-0.3, -0.25) is 9.59 Å². The van der Waals surface area contributed by atoms with Crippen LogP contribution in [0.15, 0.2) is 78.9 Å². The van der Waals surface area contributed by atoms with Gasteiger partial charge in [0.15, 0.2) is 12.4 Å². The van der Waals surface area contributed by atoms with E-state index in [1.807, 2.05) is 30.3 Å². The topological polar surface area (TPSA) is 81.7 Å². The highest BCUT2D eigenvalue weighted by Gasteiger charge is 2.13. The van der Waals surface area contributed by atoms with E-state index < -0.39 is 18.5 Å². The zero-order chi connectivity index (χ0) is 21.3. The van der Waals surface area contributed by atoms with Gasteiger partial charge in [0.05, 0.1) is 11.3 Å². The van der Waals surface area contributed by atoms with Crippen molar-refractivity contribution in [2.75, 3.05) is 11.9 Å². The number of ether oxygens (including phenoxy) is 2. The van der Waals surface area contributed by atoms with Crippen LogP contribution in [0.25, 0.3) is 0 Å².